The summed E-state index contributed by atoms with van der Waals surface area (Å²) < 4.78 is 22.9. The van der Waals surface area contributed by atoms with Crippen LogP contribution in [0.5, 0.6) is 5.75 Å². The maximum atomic E-state index is 11.4. The minimum absolute atomic E-state index is 0.193. The lowest BCUT2D eigenvalue weighted by Gasteiger charge is -2.24. The second-order valence-corrected chi connectivity index (χ2v) is 7.11. The molecule has 1 fully saturated rings. The molecule has 0 radical (unpaired) electrons. The van der Waals surface area contributed by atoms with E-state index in [-0.39, 0.29) is 22.8 Å². The lowest BCUT2D eigenvalue weighted by molar-refractivity contribution is 0.394. The van der Waals surface area contributed by atoms with E-state index >= 15 is 0 Å². The third-order valence-electron chi connectivity index (χ3n) is 3.13. The van der Waals surface area contributed by atoms with Crippen molar-refractivity contribution in [2.45, 2.75) is 25.4 Å². The summed E-state index contributed by atoms with van der Waals surface area (Å²) in [4.78, 5) is 0. The van der Waals surface area contributed by atoms with Gasteiger partial charge in [0.15, 0.2) is 9.84 Å². The van der Waals surface area contributed by atoms with E-state index in [2.05, 4.69) is 5.32 Å². The predicted molar refractivity (Wildman–Crippen MR) is 66.6 cm³/mol. The van der Waals surface area contributed by atoms with Gasteiger partial charge < -0.3 is 10.4 Å². The number of phenolic OH excluding ortho intramolecular Hbond substituents is 1. The van der Waals surface area contributed by atoms with Crippen LogP contribution in [0.25, 0.3) is 0 Å². The van der Waals surface area contributed by atoms with Crippen LogP contribution in [0.4, 0.5) is 0 Å². The van der Waals surface area contributed by atoms with Crippen molar-refractivity contribution >= 4 is 9.84 Å². The lowest BCUT2D eigenvalue weighted by atomic mass is 10.0. The van der Waals surface area contributed by atoms with Crippen LogP contribution in [0.3, 0.4) is 0 Å². The zero-order valence-corrected chi connectivity index (χ0v) is 10.6. The second kappa shape index (κ2) is 4.31. The number of nitrogens with one attached hydrogen (secondary N) is 1. The highest BCUT2D eigenvalue weighted by Gasteiger charge is 2.37. The number of aromatic hydroxyl groups is 1. The third-order valence-corrected chi connectivity index (χ3v) is 5.04. The van der Waals surface area contributed by atoms with Gasteiger partial charge in [0.05, 0.1) is 11.5 Å². The maximum Gasteiger partial charge on any atom is 0.152 e. The summed E-state index contributed by atoms with van der Waals surface area (Å²) in [5.74, 6) is 0.684. The van der Waals surface area contributed by atoms with E-state index < -0.39 is 9.84 Å². The fourth-order valence-electron chi connectivity index (χ4n) is 2.13. The zero-order chi connectivity index (χ0) is 12.5. The Labute approximate surface area is 102 Å². The first kappa shape index (κ1) is 12.4. The molecule has 1 heterocycles. The molecule has 1 aromatic carbocycles. The van der Waals surface area contributed by atoms with Gasteiger partial charge in [0.1, 0.15) is 5.75 Å². The number of hydrogen-bond donors (Lipinski definition) is 2. The summed E-state index contributed by atoms with van der Waals surface area (Å²) in [6, 6.07) is 6.98. The van der Waals surface area contributed by atoms with Crippen molar-refractivity contribution in [3.63, 3.8) is 0 Å². The molecule has 1 saturated heterocycles. The number of hydrogen-bond acceptors (Lipinski definition) is 4. The van der Waals surface area contributed by atoms with Gasteiger partial charge in [-0.25, -0.2) is 8.42 Å². The van der Waals surface area contributed by atoms with Gasteiger partial charge in [0, 0.05) is 12.1 Å². The summed E-state index contributed by atoms with van der Waals surface area (Å²) in [7, 11) is -2.88. The van der Waals surface area contributed by atoms with Gasteiger partial charge in [-0.1, -0.05) is 12.1 Å². The lowest BCUT2D eigenvalue weighted by Crippen LogP contribution is -2.42. The smallest absolute Gasteiger partial charge is 0.152 e. The number of rotatable bonds is 3. The van der Waals surface area contributed by atoms with E-state index in [1.165, 1.54) is 0 Å². The summed E-state index contributed by atoms with van der Waals surface area (Å²) in [5, 5.41) is 12.6. The van der Waals surface area contributed by atoms with E-state index in [4.69, 9.17) is 0 Å². The molecule has 2 N–H and O–H groups in total. The Morgan fingerprint density at radius 1 is 1.47 bits per heavy atom. The van der Waals surface area contributed by atoms with Crippen LogP contribution < -0.4 is 5.32 Å². The fraction of sp³-hybridized carbons (Fsp3) is 0.500. The first-order chi connectivity index (χ1) is 7.89. The Morgan fingerprint density at radius 2 is 2.24 bits per heavy atom. The highest BCUT2D eigenvalue weighted by Crippen LogP contribution is 2.23. The van der Waals surface area contributed by atoms with Crippen molar-refractivity contribution in [2.24, 2.45) is 0 Å². The van der Waals surface area contributed by atoms with Crippen LogP contribution in [0.2, 0.25) is 0 Å². The first-order valence-electron chi connectivity index (χ1n) is 5.62. The average molecular weight is 255 g/mol. The molecule has 1 aliphatic heterocycles. The Morgan fingerprint density at radius 3 is 2.82 bits per heavy atom. The highest BCUT2D eigenvalue weighted by molar-refractivity contribution is 7.91. The minimum Gasteiger partial charge on any atom is -0.508 e. The average Bonchev–Trinajstić information content (AvgIpc) is 2.51. The Balaban J connectivity index is 1.99. The van der Waals surface area contributed by atoms with Gasteiger partial charge in [-0.3, -0.25) is 0 Å². The molecular weight excluding hydrogens is 238 g/mol. The van der Waals surface area contributed by atoms with Gasteiger partial charge in [0.2, 0.25) is 0 Å². The van der Waals surface area contributed by atoms with Crippen LogP contribution in [0, 0.1) is 0 Å². The molecule has 0 spiro atoms. The number of sulfone groups is 1. The Hall–Kier alpha value is -1.07. The molecule has 0 bridgehead atoms. The molecule has 0 saturated carbocycles. The van der Waals surface area contributed by atoms with Crippen LogP contribution in [-0.2, 0) is 16.4 Å². The van der Waals surface area contributed by atoms with Crippen molar-refractivity contribution in [2.75, 3.05) is 11.5 Å². The van der Waals surface area contributed by atoms with E-state index in [0.717, 1.165) is 5.56 Å². The summed E-state index contributed by atoms with van der Waals surface area (Å²) in [6.07, 6.45) is 0.647. The van der Waals surface area contributed by atoms with E-state index in [9.17, 15) is 13.5 Å². The monoisotopic (exact) mass is 255 g/mol. The molecule has 1 aliphatic rings. The summed E-state index contributed by atoms with van der Waals surface area (Å²) in [5.41, 5.74) is 0.611. The van der Waals surface area contributed by atoms with E-state index in [0.29, 0.717) is 13.0 Å². The van der Waals surface area contributed by atoms with Gasteiger partial charge >= 0.3 is 0 Å². The molecule has 5 heteroatoms. The van der Waals surface area contributed by atoms with Crippen LogP contribution in [0.15, 0.2) is 24.3 Å². The molecule has 1 atom stereocenters. The molecule has 94 valence electrons. The Bertz CT molecular complexity index is 512. The second-order valence-electron chi connectivity index (χ2n) is 4.93. The topological polar surface area (TPSA) is 66.4 Å². The molecule has 0 aromatic heterocycles. The number of benzene rings is 1. The van der Waals surface area contributed by atoms with Gasteiger partial charge in [-0.15, -0.1) is 0 Å². The molecule has 2 rings (SSSR count). The minimum atomic E-state index is -2.88. The quantitative estimate of drug-likeness (QED) is 0.847. The van der Waals surface area contributed by atoms with E-state index in [1.54, 1.807) is 18.2 Å². The van der Waals surface area contributed by atoms with Crippen molar-refractivity contribution in [1.29, 1.82) is 0 Å². The fourth-order valence-corrected chi connectivity index (χ4v) is 4.25. The van der Waals surface area contributed by atoms with Gasteiger partial charge in [-0.05, 0) is 31.0 Å². The maximum absolute atomic E-state index is 11.4. The molecule has 4 nitrogen and oxygen atoms in total. The Kier molecular flexibility index (Phi) is 3.14. The molecule has 17 heavy (non-hydrogen) atoms. The zero-order valence-electron chi connectivity index (χ0n) is 9.81. The van der Waals surface area contributed by atoms with Crippen molar-refractivity contribution in [3.05, 3.63) is 29.8 Å². The SMILES string of the molecule is CC1(NCc2cccc(O)c2)CCS(=O)(=O)C1. The standard InChI is InChI=1S/C12H17NO3S/c1-12(5-6-17(15,16)9-12)13-8-10-3-2-4-11(14)7-10/h2-4,7,13-14H,5-6,8-9H2,1H3. The van der Waals surface area contributed by atoms with Crippen molar-refractivity contribution < 1.29 is 13.5 Å². The predicted octanol–water partition coefficient (Wildman–Crippen LogP) is 1.06. The molecule has 1 aromatic rings. The van der Waals surface area contributed by atoms with Gasteiger partial charge in [-0.2, -0.15) is 0 Å². The van der Waals surface area contributed by atoms with E-state index in [1.807, 2.05) is 13.0 Å². The molecule has 1 unspecified atom stereocenters. The molecule has 0 amide bonds. The number of phenols is 1. The first-order valence-corrected chi connectivity index (χ1v) is 7.44. The van der Waals surface area contributed by atoms with Crippen LogP contribution >= 0.6 is 0 Å². The largest absolute Gasteiger partial charge is 0.508 e. The summed E-state index contributed by atoms with van der Waals surface area (Å²) in [6.45, 7) is 2.50. The summed E-state index contributed by atoms with van der Waals surface area (Å²) >= 11 is 0. The van der Waals surface area contributed by atoms with Crippen LogP contribution in [0.1, 0.15) is 18.9 Å². The van der Waals surface area contributed by atoms with Gasteiger partial charge in [0.25, 0.3) is 0 Å². The molecular formula is C12H17NO3S. The van der Waals surface area contributed by atoms with Crippen molar-refractivity contribution in [3.8, 4) is 5.75 Å². The normalized spacial score (nSPS) is 27.1. The van der Waals surface area contributed by atoms with Crippen molar-refractivity contribution in [1.82, 2.24) is 5.32 Å². The van der Waals surface area contributed by atoms with Crippen LogP contribution in [-0.4, -0.2) is 30.6 Å². The third kappa shape index (κ3) is 3.20. The highest BCUT2D eigenvalue weighted by atomic mass is 32.2. The molecule has 0 aliphatic carbocycles.